The topological polar surface area (TPSA) is 50.7 Å². The largest absolute Gasteiger partial charge is 0.396 e. The highest BCUT2D eigenvalue weighted by atomic mass is 16.7. The molecule has 2 rings (SSSR count). The summed E-state index contributed by atoms with van der Waals surface area (Å²) in [5.41, 5.74) is 0. The maximum atomic E-state index is 9.16. The van der Waals surface area contributed by atoms with Gasteiger partial charge >= 0.3 is 0 Å². The molecular formula is C13H25NO3. The molecule has 1 heterocycles. The first kappa shape index (κ1) is 13.3. The standard InChI is InChI=1S/C13H25NO3/c15-7-6-12(11-4-2-1-3-5-11)14-10-13-16-8-9-17-13/h11-15H,1-10H2/t12-/m0/s1. The van der Waals surface area contributed by atoms with E-state index < -0.39 is 0 Å². The predicted molar refractivity (Wildman–Crippen MR) is 65.8 cm³/mol. The monoisotopic (exact) mass is 243 g/mol. The molecule has 0 unspecified atom stereocenters. The fourth-order valence-corrected chi connectivity index (χ4v) is 2.95. The molecule has 0 spiro atoms. The van der Waals surface area contributed by atoms with Crippen LogP contribution in [-0.4, -0.2) is 43.8 Å². The van der Waals surface area contributed by atoms with Crippen LogP contribution in [0.2, 0.25) is 0 Å². The Labute approximate surface area is 104 Å². The molecule has 0 aromatic carbocycles. The molecule has 1 aliphatic carbocycles. The number of aliphatic hydroxyl groups excluding tert-OH is 1. The fraction of sp³-hybridized carbons (Fsp3) is 1.00. The molecule has 0 amide bonds. The molecule has 1 atom stereocenters. The molecule has 2 N–H and O–H groups in total. The van der Waals surface area contributed by atoms with E-state index in [1.807, 2.05) is 0 Å². The van der Waals surface area contributed by atoms with Crippen LogP contribution in [0, 0.1) is 5.92 Å². The van der Waals surface area contributed by atoms with Crippen molar-refractivity contribution in [2.24, 2.45) is 5.92 Å². The molecule has 4 nitrogen and oxygen atoms in total. The highest BCUT2D eigenvalue weighted by molar-refractivity contribution is 4.79. The van der Waals surface area contributed by atoms with Gasteiger partial charge in [0, 0.05) is 19.2 Å². The Balaban J connectivity index is 1.74. The average Bonchev–Trinajstić information content (AvgIpc) is 2.88. The van der Waals surface area contributed by atoms with Gasteiger partial charge < -0.3 is 19.9 Å². The molecule has 1 saturated carbocycles. The summed E-state index contributed by atoms with van der Waals surface area (Å²) >= 11 is 0. The molecule has 1 saturated heterocycles. The minimum Gasteiger partial charge on any atom is -0.396 e. The Morgan fingerprint density at radius 1 is 1.12 bits per heavy atom. The Morgan fingerprint density at radius 2 is 1.82 bits per heavy atom. The van der Waals surface area contributed by atoms with E-state index in [1.54, 1.807) is 0 Å². The van der Waals surface area contributed by atoms with Gasteiger partial charge in [0.2, 0.25) is 0 Å². The first-order chi connectivity index (χ1) is 8.40. The quantitative estimate of drug-likeness (QED) is 0.738. The van der Waals surface area contributed by atoms with Gasteiger partial charge in [0.05, 0.1) is 13.2 Å². The molecular weight excluding hydrogens is 218 g/mol. The van der Waals surface area contributed by atoms with Crippen molar-refractivity contribution in [2.45, 2.75) is 50.9 Å². The van der Waals surface area contributed by atoms with Crippen LogP contribution in [0.5, 0.6) is 0 Å². The lowest BCUT2D eigenvalue weighted by molar-refractivity contribution is -0.0424. The van der Waals surface area contributed by atoms with Crippen molar-refractivity contribution >= 4 is 0 Å². The minimum atomic E-state index is -0.0835. The van der Waals surface area contributed by atoms with Gasteiger partial charge in [-0.2, -0.15) is 0 Å². The van der Waals surface area contributed by atoms with Crippen molar-refractivity contribution in [3.8, 4) is 0 Å². The van der Waals surface area contributed by atoms with Crippen molar-refractivity contribution in [1.29, 1.82) is 0 Å². The smallest absolute Gasteiger partial charge is 0.170 e. The summed E-state index contributed by atoms with van der Waals surface area (Å²) in [5, 5.41) is 12.7. The first-order valence-corrected chi connectivity index (χ1v) is 6.97. The Hall–Kier alpha value is -0.160. The third kappa shape index (κ3) is 4.21. The summed E-state index contributed by atoms with van der Waals surface area (Å²) in [4.78, 5) is 0. The van der Waals surface area contributed by atoms with E-state index in [0.29, 0.717) is 19.3 Å². The Morgan fingerprint density at radius 3 is 2.47 bits per heavy atom. The molecule has 1 aliphatic heterocycles. The van der Waals surface area contributed by atoms with E-state index in [1.165, 1.54) is 32.1 Å². The van der Waals surface area contributed by atoms with Crippen LogP contribution in [0.25, 0.3) is 0 Å². The van der Waals surface area contributed by atoms with E-state index in [2.05, 4.69) is 5.32 Å². The van der Waals surface area contributed by atoms with Crippen LogP contribution in [0.3, 0.4) is 0 Å². The highest BCUT2D eigenvalue weighted by Gasteiger charge is 2.24. The predicted octanol–water partition coefficient (Wildman–Crippen LogP) is 1.28. The maximum Gasteiger partial charge on any atom is 0.170 e. The second kappa shape index (κ2) is 7.31. The molecule has 100 valence electrons. The summed E-state index contributed by atoms with van der Waals surface area (Å²) < 4.78 is 10.8. The van der Waals surface area contributed by atoms with Gasteiger partial charge in [-0.15, -0.1) is 0 Å². The lowest BCUT2D eigenvalue weighted by Gasteiger charge is -2.31. The SMILES string of the molecule is OCC[C@H](NCC1OCCO1)C1CCCCC1. The Kier molecular flexibility index (Phi) is 5.71. The van der Waals surface area contributed by atoms with Gasteiger partial charge in [-0.1, -0.05) is 19.3 Å². The summed E-state index contributed by atoms with van der Waals surface area (Å²) in [6.45, 7) is 2.43. The number of rotatable bonds is 6. The molecule has 0 aromatic heterocycles. The van der Waals surface area contributed by atoms with Gasteiger partial charge in [0.25, 0.3) is 0 Å². The number of hydrogen-bond donors (Lipinski definition) is 2. The summed E-state index contributed by atoms with van der Waals surface area (Å²) in [5.74, 6) is 0.720. The molecule has 2 fully saturated rings. The number of ether oxygens (including phenoxy) is 2. The number of aliphatic hydroxyl groups is 1. The van der Waals surface area contributed by atoms with Crippen LogP contribution >= 0.6 is 0 Å². The van der Waals surface area contributed by atoms with Gasteiger partial charge in [0.15, 0.2) is 6.29 Å². The summed E-state index contributed by atoms with van der Waals surface area (Å²) in [6.07, 6.45) is 7.40. The van der Waals surface area contributed by atoms with Crippen molar-refractivity contribution in [3.63, 3.8) is 0 Å². The third-order valence-corrected chi connectivity index (χ3v) is 3.90. The molecule has 0 aromatic rings. The van der Waals surface area contributed by atoms with Crippen LogP contribution in [0.1, 0.15) is 38.5 Å². The van der Waals surface area contributed by atoms with Crippen molar-refractivity contribution in [2.75, 3.05) is 26.4 Å². The zero-order chi connectivity index (χ0) is 11.9. The van der Waals surface area contributed by atoms with Crippen molar-refractivity contribution < 1.29 is 14.6 Å². The lowest BCUT2D eigenvalue weighted by atomic mass is 9.83. The summed E-state index contributed by atoms with van der Waals surface area (Å²) in [6, 6.07) is 0.424. The molecule has 4 heteroatoms. The van der Waals surface area contributed by atoms with Crippen LogP contribution in [0.4, 0.5) is 0 Å². The van der Waals surface area contributed by atoms with Crippen LogP contribution in [-0.2, 0) is 9.47 Å². The van der Waals surface area contributed by atoms with Gasteiger partial charge in [-0.3, -0.25) is 0 Å². The van der Waals surface area contributed by atoms with Gasteiger partial charge in [0.1, 0.15) is 0 Å². The Bertz CT molecular complexity index is 201. The maximum absolute atomic E-state index is 9.16. The van der Waals surface area contributed by atoms with E-state index in [9.17, 15) is 0 Å². The molecule has 2 aliphatic rings. The molecule has 0 bridgehead atoms. The molecule has 0 radical (unpaired) electrons. The van der Waals surface area contributed by atoms with E-state index in [-0.39, 0.29) is 12.9 Å². The second-order valence-electron chi connectivity index (χ2n) is 5.10. The van der Waals surface area contributed by atoms with Crippen LogP contribution in [0.15, 0.2) is 0 Å². The van der Waals surface area contributed by atoms with Gasteiger partial charge in [-0.25, -0.2) is 0 Å². The van der Waals surface area contributed by atoms with Gasteiger partial charge in [-0.05, 0) is 25.2 Å². The number of hydrogen-bond acceptors (Lipinski definition) is 4. The summed E-state index contributed by atoms with van der Waals surface area (Å²) in [7, 11) is 0. The van der Waals surface area contributed by atoms with Crippen molar-refractivity contribution in [3.05, 3.63) is 0 Å². The second-order valence-corrected chi connectivity index (χ2v) is 5.10. The third-order valence-electron chi connectivity index (χ3n) is 3.90. The number of nitrogens with one attached hydrogen (secondary N) is 1. The highest BCUT2D eigenvalue weighted by Crippen LogP contribution is 2.27. The van der Waals surface area contributed by atoms with E-state index in [0.717, 1.165) is 18.9 Å². The zero-order valence-corrected chi connectivity index (χ0v) is 10.6. The van der Waals surface area contributed by atoms with Crippen molar-refractivity contribution in [1.82, 2.24) is 5.32 Å². The van der Waals surface area contributed by atoms with Crippen LogP contribution < -0.4 is 5.32 Å². The lowest BCUT2D eigenvalue weighted by Crippen LogP contribution is -2.42. The fourth-order valence-electron chi connectivity index (χ4n) is 2.95. The average molecular weight is 243 g/mol. The van der Waals surface area contributed by atoms with E-state index >= 15 is 0 Å². The zero-order valence-electron chi connectivity index (χ0n) is 10.6. The minimum absolute atomic E-state index is 0.0835. The normalized spacial score (nSPS) is 25.2. The first-order valence-electron chi connectivity index (χ1n) is 6.97. The van der Waals surface area contributed by atoms with E-state index in [4.69, 9.17) is 14.6 Å². The molecule has 17 heavy (non-hydrogen) atoms.